The topological polar surface area (TPSA) is 55.1 Å². The van der Waals surface area contributed by atoms with Crippen molar-refractivity contribution in [1.29, 1.82) is 0 Å². The largest absolute Gasteiger partial charge is 0.361 e. The molecule has 0 aliphatic carbocycles. The van der Waals surface area contributed by atoms with Crippen LogP contribution in [0.25, 0.3) is 0 Å². The van der Waals surface area contributed by atoms with E-state index in [-0.39, 0.29) is 5.91 Å². The number of carbonyl (C=O) groups excluding carboxylic acids is 1. The van der Waals surface area contributed by atoms with E-state index in [4.69, 9.17) is 4.52 Å². The van der Waals surface area contributed by atoms with Crippen molar-refractivity contribution in [2.24, 2.45) is 0 Å². The van der Waals surface area contributed by atoms with Crippen LogP contribution in [0, 0.1) is 13.8 Å². The zero-order valence-electron chi connectivity index (χ0n) is 10.8. The first kappa shape index (κ1) is 14.5. The summed E-state index contributed by atoms with van der Waals surface area (Å²) in [7, 11) is 0. The first-order chi connectivity index (χ1) is 9.47. The maximum Gasteiger partial charge on any atom is 0.288 e. The summed E-state index contributed by atoms with van der Waals surface area (Å²) in [5, 5.41) is 6.37. The third-order valence-electron chi connectivity index (χ3n) is 2.60. The summed E-state index contributed by atoms with van der Waals surface area (Å²) in [6, 6.07) is 6.20. The normalized spacial score (nSPS) is 10.8. The fourth-order valence-electron chi connectivity index (χ4n) is 1.72. The minimum absolute atomic E-state index is 0.337. The van der Waals surface area contributed by atoms with Gasteiger partial charge in [-0.1, -0.05) is 16.9 Å². The molecule has 0 radical (unpaired) electrons. The molecule has 2 rings (SSSR count). The van der Waals surface area contributed by atoms with Crippen LogP contribution >= 0.6 is 11.8 Å². The molecular formula is C13H12F2N2O2S. The Morgan fingerprint density at radius 1 is 1.30 bits per heavy atom. The number of hydrogen-bond donors (Lipinski definition) is 1. The van der Waals surface area contributed by atoms with Gasteiger partial charge in [0.2, 0.25) is 0 Å². The van der Waals surface area contributed by atoms with E-state index in [1.807, 2.05) is 0 Å². The molecule has 7 heteroatoms. The van der Waals surface area contributed by atoms with Gasteiger partial charge in [0.1, 0.15) is 11.3 Å². The van der Waals surface area contributed by atoms with Gasteiger partial charge in [0, 0.05) is 10.6 Å². The van der Waals surface area contributed by atoms with E-state index in [1.165, 1.54) is 12.1 Å². The maximum absolute atomic E-state index is 12.2. The summed E-state index contributed by atoms with van der Waals surface area (Å²) in [6.45, 7) is 3.32. The fourth-order valence-corrected chi connectivity index (χ4v) is 2.22. The average molecular weight is 298 g/mol. The lowest BCUT2D eigenvalue weighted by atomic mass is 10.2. The zero-order valence-corrected chi connectivity index (χ0v) is 11.6. The summed E-state index contributed by atoms with van der Waals surface area (Å²) >= 11 is 0.458. The number of benzene rings is 1. The Hall–Kier alpha value is -1.89. The summed E-state index contributed by atoms with van der Waals surface area (Å²) < 4.78 is 29.3. The van der Waals surface area contributed by atoms with Gasteiger partial charge in [-0.25, -0.2) is 0 Å². The molecule has 0 fully saturated rings. The highest BCUT2D eigenvalue weighted by Gasteiger charge is 2.17. The molecule has 0 aliphatic heterocycles. The number of carbonyl (C=O) groups is 1. The van der Waals surface area contributed by atoms with E-state index in [2.05, 4.69) is 10.5 Å². The van der Waals surface area contributed by atoms with Crippen LogP contribution in [0.2, 0.25) is 0 Å². The molecular weight excluding hydrogens is 286 g/mol. The molecule has 1 aromatic heterocycles. The van der Waals surface area contributed by atoms with E-state index in [0.29, 0.717) is 39.4 Å². The van der Waals surface area contributed by atoms with Crippen molar-refractivity contribution in [2.45, 2.75) is 24.5 Å². The molecule has 1 N–H and O–H groups in total. The Bertz CT molecular complexity index is 592. The second-order valence-electron chi connectivity index (χ2n) is 4.06. The van der Waals surface area contributed by atoms with Crippen LogP contribution in [0.1, 0.15) is 21.8 Å². The van der Waals surface area contributed by atoms with Gasteiger partial charge in [0.15, 0.2) is 0 Å². The monoisotopic (exact) mass is 298 g/mol. The first-order valence-electron chi connectivity index (χ1n) is 5.76. The highest BCUT2D eigenvalue weighted by Crippen LogP contribution is 2.26. The molecule has 4 nitrogen and oxygen atoms in total. The minimum Gasteiger partial charge on any atom is -0.361 e. The third kappa shape index (κ3) is 3.36. The van der Waals surface area contributed by atoms with Crippen molar-refractivity contribution in [1.82, 2.24) is 5.16 Å². The molecule has 0 aliphatic rings. The van der Waals surface area contributed by atoms with Crippen LogP contribution in [0.15, 0.2) is 33.7 Å². The number of alkyl halides is 2. The second kappa shape index (κ2) is 6.04. The molecule has 0 bridgehead atoms. The summed E-state index contributed by atoms with van der Waals surface area (Å²) in [5.41, 5.74) is 1.41. The molecule has 1 heterocycles. The molecule has 0 spiro atoms. The smallest absolute Gasteiger partial charge is 0.288 e. The Labute approximate surface area is 118 Å². The van der Waals surface area contributed by atoms with Crippen molar-refractivity contribution < 1.29 is 18.1 Å². The van der Waals surface area contributed by atoms with Crippen LogP contribution < -0.4 is 5.32 Å². The van der Waals surface area contributed by atoms with Gasteiger partial charge >= 0.3 is 0 Å². The second-order valence-corrected chi connectivity index (χ2v) is 5.12. The highest BCUT2D eigenvalue weighted by molar-refractivity contribution is 7.99. The van der Waals surface area contributed by atoms with Crippen LogP contribution in [-0.2, 0) is 0 Å². The fraction of sp³-hybridized carbons (Fsp3) is 0.231. The Morgan fingerprint density at radius 3 is 2.45 bits per heavy atom. The molecule has 0 unspecified atom stereocenters. The molecule has 106 valence electrons. The third-order valence-corrected chi connectivity index (χ3v) is 3.32. The van der Waals surface area contributed by atoms with E-state index in [9.17, 15) is 13.6 Å². The first-order valence-corrected chi connectivity index (χ1v) is 6.64. The average Bonchev–Trinajstić information content (AvgIpc) is 2.71. The Balaban J connectivity index is 2.09. The predicted octanol–water partition coefficient (Wildman–Crippen LogP) is 3.86. The van der Waals surface area contributed by atoms with Gasteiger partial charge in [-0.05, 0) is 38.1 Å². The van der Waals surface area contributed by atoms with Gasteiger partial charge in [0.05, 0.1) is 5.69 Å². The molecule has 0 atom stereocenters. The van der Waals surface area contributed by atoms with Gasteiger partial charge in [0.25, 0.3) is 11.7 Å². The summed E-state index contributed by atoms with van der Waals surface area (Å²) in [5.74, 6) is -2.36. The van der Waals surface area contributed by atoms with Crippen molar-refractivity contribution in [3.8, 4) is 0 Å². The standard InChI is InChI=1S/C13H12F2N2O2S/c1-7-11(8(2)19-17-7)12(18)16-9-3-5-10(6-4-9)20-13(14)15/h3-6,13H,1-2H3,(H,16,18). The molecule has 0 saturated heterocycles. The van der Waals surface area contributed by atoms with E-state index in [0.717, 1.165) is 0 Å². The van der Waals surface area contributed by atoms with Gasteiger partial charge in [-0.15, -0.1) is 0 Å². The number of amides is 1. The number of thioether (sulfide) groups is 1. The lowest BCUT2D eigenvalue weighted by molar-refractivity contribution is 0.102. The number of aryl methyl sites for hydroxylation is 2. The molecule has 0 saturated carbocycles. The summed E-state index contributed by atoms with van der Waals surface area (Å²) in [4.78, 5) is 12.5. The van der Waals surface area contributed by atoms with Crippen molar-refractivity contribution in [2.75, 3.05) is 5.32 Å². The molecule has 20 heavy (non-hydrogen) atoms. The van der Waals surface area contributed by atoms with Crippen molar-refractivity contribution in [3.05, 3.63) is 41.3 Å². The van der Waals surface area contributed by atoms with Crippen LogP contribution in [0.3, 0.4) is 0 Å². The number of rotatable bonds is 4. The lowest BCUT2D eigenvalue weighted by Crippen LogP contribution is -2.13. The van der Waals surface area contributed by atoms with E-state index < -0.39 is 5.76 Å². The van der Waals surface area contributed by atoms with Crippen LogP contribution in [-0.4, -0.2) is 16.8 Å². The van der Waals surface area contributed by atoms with Crippen LogP contribution in [0.5, 0.6) is 0 Å². The number of anilines is 1. The van der Waals surface area contributed by atoms with Gasteiger partial charge < -0.3 is 9.84 Å². The predicted molar refractivity (Wildman–Crippen MR) is 72.2 cm³/mol. The number of aromatic nitrogens is 1. The number of hydrogen-bond acceptors (Lipinski definition) is 4. The van der Waals surface area contributed by atoms with Crippen molar-refractivity contribution in [3.63, 3.8) is 0 Å². The number of nitrogens with one attached hydrogen (secondary N) is 1. The minimum atomic E-state index is -2.46. The van der Waals surface area contributed by atoms with Crippen LogP contribution in [0.4, 0.5) is 14.5 Å². The zero-order chi connectivity index (χ0) is 14.7. The lowest BCUT2D eigenvalue weighted by Gasteiger charge is -2.06. The van der Waals surface area contributed by atoms with E-state index >= 15 is 0 Å². The number of halogens is 2. The van der Waals surface area contributed by atoms with E-state index in [1.54, 1.807) is 26.0 Å². The Morgan fingerprint density at radius 2 is 1.95 bits per heavy atom. The number of nitrogens with zero attached hydrogens (tertiary/aromatic N) is 1. The van der Waals surface area contributed by atoms with Gasteiger partial charge in [-0.3, -0.25) is 4.79 Å². The SMILES string of the molecule is Cc1noc(C)c1C(=O)Nc1ccc(SC(F)F)cc1. The van der Waals surface area contributed by atoms with Gasteiger partial charge in [-0.2, -0.15) is 8.78 Å². The molecule has 1 amide bonds. The van der Waals surface area contributed by atoms with Crippen molar-refractivity contribution >= 4 is 23.4 Å². The quantitative estimate of drug-likeness (QED) is 0.871. The maximum atomic E-state index is 12.2. The Kier molecular flexibility index (Phi) is 4.39. The summed E-state index contributed by atoms with van der Waals surface area (Å²) in [6.07, 6.45) is 0. The molecule has 1 aromatic carbocycles. The highest BCUT2D eigenvalue weighted by atomic mass is 32.2. The molecule has 2 aromatic rings.